The molecule has 0 unspecified atom stereocenters. The highest BCUT2D eigenvalue weighted by atomic mass is 32.2. The summed E-state index contributed by atoms with van der Waals surface area (Å²) in [5.74, 6) is -0.180. The zero-order valence-electron chi connectivity index (χ0n) is 26.3. The summed E-state index contributed by atoms with van der Waals surface area (Å²) in [6.07, 6.45) is -4.18. The van der Waals surface area contributed by atoms with Crippen LogP contribution in [0.5, 0.6) is 0 Å². The number of nitrogens with two attached hydrogens (primary N) is 1. The summed E-state index contributed by atoms with van der Waals surface area (Å²) in [5.41, 5.74) is 7.40. The normalized spacial score (nSPS) is 19.7. The van der Waals surface area contributed by atoms with E-state index in [1.807, 2.05) is 97.9 Å². The van der Waals surface area contributed by atoms with Gasteiger partial charge >= 0.3 is 0 Å². The van der Waals surface area contributed by atoms with Gasteiger partial charge in [0.15, 0.2) is 23.5 Å². The number of nitrogen functional groups attached to an aromatic ring is 1. The summed E-state index contributed by atoms with van der Waals surface area (Å²) < 4.78 is 47.5. The van der Waals surface area contributed by atoms with Crippen molar-refractivity contribution in [2.45, 2.75) is 42.0 Å². The summed E-state index contributed by atoms with van der Waals surface area (Å²) in [4.78, 5) is 23.3. The molecule has 49 heavy (non-hydrogen) atoms. The van der Waals surface area contributed by atoms with Crippen LogP contribution >= 0.6 is 0 Å². The summed E-state index contributed by atoms with van der Waals surface area (Å²) in [6.45, 7) is 1.63. The SMILES string of the molecule is Cc1ccc(S(=O)(=O)O[C@@H]2[C@H](O)[C@@H](COC(c3ccccc3)(c3ccccc3)c3ccccc3)O[C@H]2n2cnc3c(=O)[nH]c(N)nc32)cc1. The lowest BCUT2D eigenvalue weighted by Crippen LogP contribution is -2.40. The fraction of sp³-hybridized carbons (Fsp3) is 0.194. The molecule has 0 bridgehead atoms. The van der Waals surface area contributed by atoms with Crippen molar-refractivity contribution in [2.75, 3.05) is 12.3 Å². The molecule has 12 nitrogen and oxygen atoms in total. The molecule has 7 rings (SSSR count). The highest BCUT2D eigenvalue weighted by molar-refractivity contribution is 7.86. The number of nitrogens with one attached hydrogen (secondary N) is 1. The van der Waals surface area contributed by atoms with E-state index >= 15 is 0 Å². The van der Waals surface area contributed by atoms with Crippen LogP contribution in [0, 0.1) is 6.92 Å². The molecule has 0 amide bonds. The Kier molecular flexibility index (Phi) is 8.61. The van der Waals surface area contributed by atoms with Gasteiger partial charge in [0, 0.05) is 0 Å². The average molecular weight is 680 g/mol. The number of aromatic amines is 1. The third kappa shape index (κ3) is 6.03. The van der Waals surface area contributed by atoms with E-state index in [1.54, 1.807) is 12.1 Å². The van der Waals surface area contributed by atoms with E-state index in [4.69, 9.17) is 19.4 Å². The van der Waals surface area contributed by atoms with Crippen molar-refractivity contribution in [1.29, 1.82) is 0 Å². The summed E-state index contributed by atoms with van der Waals surface area (Å²) in [6, 6.07) is 35.1. The molecular formula is C36H33N5O7S. The summed E-state index contributed by atoms with van der Waals surface area (Å²) in [5, 5.41) is 11.8. The molecule has 0 saturated carbocycles. The second-order valence-corrected chi connectivity index (χ2v) is 13.3. The number of aromatic nitrogens is 4. The number of aliphatic hydroxyl groups is 1. The highest BCUT2D eigenvalue weighted by Gasteiger charge is 2.50. The molecule has 250 valence electrons. The minimum atomic E-state index is -4.41. The Morgan fingerprint density at radius 3 is 2.00 bits per heavy atom. The number of hydrogen-bond donors (Lipinski definition) is 3. The molecule has 2 aromatic heterocycles. The molecule has 0 radical (unpaired) electrons. The number of aliphatic hydroxyl groups excluding tert-OH is 1. The molecule has 1 aliphatic rings. The molecule has 1 aliphatic heterocycles. The fourth-order valence-corrected chi connectivity index (χ4v) is 7.28. The molecular weight excluding hydrogens is 646 g/mol. The minimum absolute atomic E-state index is 0.0218. The first-order valence-corrected chi connectivity index (χ1v) is 16.9. The monoisotopic (exact) mass is 679 g/mol. The first-order chi connectivity index (χ1) is 23.7. The number of rotatable bonds is 10. The van der Waals surface area contributed by atoms with E-state index in [0.717, 1.165) is 22.3 Å². The van der Waals surface area contributed by atoms with Crippen molar-refractivity contribution in [3.8, 4) is 0 Å². The van der Waals surface area contributed by atoms with Crippen LogP contribution in [0.1, 0.15) is 28.5 Å². The fourth-order valence-electron chi connectivity index (χ4n) is 6.20. The molecule has 1 fully saturated rings. The molecule has 3 heterocycles. The first-order valence-electron chi connectivity index (χ1n) is 15.5. The van der Waals surface area contributed by atoms with Gasteiger partial charge in [0.05, 0.1) is 17.8 Å². The van der Waals surface area contributed by atoms with Gasteiger partial charge < -0.3 is 20.3 Å². The molecule has 6 aromatic rings. The van der Waals surface area contributed by atoms with E-state index in [0.29, 0.717) is 0 Å². The topological polar surface area (TPSA) is 172 Å². The Morgan fingerprint density at radius 1 is 0.898 bits per heavy atom. The number of nitrogens with zero attached hydrogens (tertiary/aromatic N) is 3. The Hall–Kier alpha value is -5.18. The van der Waals surface area contributed by atoms with Crippen molar-refractivity contribution < 1.29 is 27.2 Å². The number of aryl methyl sites for hydroxylation is 1. The Labute approximate surface area is 281 Å². The molecule has 1 saturated heterocycles. The number of ether oxygens (including phenoxy) is 2. The number of H-pyrrole nitrogens is 1. The van der Waals surface area contributed by atoms with Crippen LogP contribution < -0.4 is 11.3 Å². The van der Waals surface area contributed by atoms with E-state index in [-0.39, 0.29) is 28.6 Å². The number of anilines is 1. The second-order valence-electron chi connectivity index (χ2n) is 11.7. The highest BCUT2D eigenvalue weighted by Crippen LogP contribution is 2.42. The van der Waals surface area contributed by atoms with Gasteiger partial charge in [-0.05, 0) is 35.7 Å². The van der Waals surface area contributed by atoms with E-state index in [1.165, 1.54) is 23.0 Å². The van der Waals surface area contributed by atoms with Crippen molar-refractivity contribution in [1.82, 2.24) is 19.5 Å². The molecule has 0 spiro atoms. The molecule has 4 N–H and O–H groups in total. The number of benzene rings is 4. The van der Waals surface area contributed by atoms with Gasteiger partial charge in [-0.2, -0.15) is 13.4 Å². The third-order valence-electron chi connectivity index (χ3n) is 8.59. The van der Waals surface area contributed by atoms with E-state index < -0.39 is 45.8 Å². The van der Waals surface area contributed by atoms with Crippen LogP contribution in [-0.2, 0) is 29.4 Å². The predicted octanol–water partition coefficient (Wildman–Crippen LogP) is 4.05. The maximum absolute atomic E-state index is 13.6. The molecule has 0 aliphatic carbocycles. The van der Waals surface area contributed by atoms with Gasteiger partial charge in [0.2, 0.25) is 5.95 Å². The molecule has 4 aromatic carbocycles. The van der Waals surface area contributed by atoms with Crippen LogP contribution in [0.3, 0.4) is 0 Å². The van der Waals surface area contributed by atoms with Crippen molar-refractivity contribution in [3.05, 3.63) is 154 Å². The average Bonchev–Trinajstić information content (AvgIpc) is 3.67. The minimum Gasteiger partial charge on any atom is -0.387 e. The van der Waals surface area contributed by atoms with Crippen LogP contribution in [0.4, 0.5) is 5.95 Å². The maximum atomic E-state index is 13.6. The van der Waals surface area contributed by atoms with Gasteiger partial charge in [0.1, 0.15) is 17.8 Å². The lowest BCUT2D eigenvalue weighted by Gasteiger charge is -2.37. The number of hydrogen-bond acceptors (Lipinski definition) is 10. The van der Waals surface area contributed by atoms with Crippen LogP contribution in [0.25, 0.3) is 11.2 Å². The van der Waals surface area contributed by atoms with E-state index in [2.05, 4.69) is 15.0 Å². The van der Waals surface area contributed by atoms with Crippen molar-refractivity contribution in [2.24, 2.45) is 0 Å². The zero-order valence-corrected chi connectivity index (χ0v) is 27.1. The van der Waals surface area contributed by atoms with Crippen LogP contribution in [0.2, 0.25) is 0 Å². The van der Waals surface area contributed by atoms with Crippen LogP contribution in [0.15, 0.2) is 131 Å². The van der Waals surface area contributed by atoms with Crippen molar-refractivity contribution >= 4 is 27.2 Å². The van der Waals surface area contributed by atoms with Gasteiger partial charge in [-0.15, -0.1) is 0 Å². The smallest absolute Gasteiger partial charge is 0.297 e. The summed E-state index contributed by atoms with van der Waals surface area (Å²) in [7, 11) is -4.41. The van der Waals surface area contributed by atoms with Gasteiger partial charge in [0.25, 0.3) is 15.7 Å². The second kappa shape index (κ2) is 13.0. The lowest BCUT2D eigenvalue weighted by molar-refractivity contribution is -0.0938. The molecule has 13 heteroatoms. The number of fused-ring (bicyclic) bond motifs is 1. The summed E-state index contributed by atoms with van der Waals surface area (Å²) >= 11 is 0. The zero-order chi connectivity index (χ0) is 34.2. The van der Waals surface area contributed by atoms with Gasteiger partial charge in [-0.1, -0.05) is 109 Å². The van der Waals surface area contributed by atoms with Crippen LogP contribution in [-0.4, -0.2) is 58.0 Å². The van der Waals surface area contributed by atoms with E-state index in [9.17, 15) is 18.3 Å². The number of imidazole rings is 1. The Bertz CT molecular complexity index is 2130. The van der Waals surface area contributed by atoms with Gasteiger partial charge in [-0.3, -0.25) is 18.5 Å². The van der Waals surface area contributed by atoms with Crippen molar-refractivity contribution in [3.63, 3.8) is 0 Å². The largest absolute Gasteiger partial charge is 0.387 e. The predicted molar refractivity (Wildman–Crippen MR) is 181 cm³/mol. The Morgan fingerprint density at radius 2 is 1.45 bits per heavy atom. The standard InChI is InChI=1S/C36H33N5O7S/c1-23-17-19-27(20-18-23)49(44,45)48-31-30(42)28(47-34(31)41-22-38-29-32(41)39-35(37)40-33(29)43)21-46-36(24-11-5-2-6-12-24,25-13-7-3-8-14-25)26-15-9-4-10-16-26/h2-20,22,28,30-31,34,42H,21H2,1H3,(H3,37,39,40,43)/t28-,30-,31-,34-/m1/s1. The Balaban J connectivity index is 1.30. The quantitative estimate of drug-likeness (QED) is 0.142. The third-order valence-corrected chi connectivity index (χ3v) is 9.92. The first kappa shape index (κ1) is 32.4. The lowest BCUT2D eigenvalue weighted by atomic mass is 9.80. The maximum Gasteiger partial charge on any atom is 0.297 e. The molecule has 4 atom stereocenters. The van der Waals surface area contributed by atoms with Gasteiger partial charge in [-0.25, -0.2) is 4.98 Å².